The van der Waals surface area contributed by atoms with Crippen LogP contribution in [0.25, 0.3) is 10.9 Å². The lowest BCUT2D eigenvalue weighted by Crippen LogP contribution is -2.28. The van der Waals surface area contributed by atoms with Crippen molar-refractivity contribution in [3.8, 4) is 5.75 Å². The number of hydrogen-bond donors (Lipinski definition) is 2. The summed E-state index contributed by atoms with van der Waals surface area (Å²) in [6, 6.07) is 13.4. The van der Waals surface area contributed by atoms with Gasteiger partial charge in [-0.3, -0.25) is 9.36 Å². The molecule has 1 aliphatic rings. The first kappa shape index (κ1) is 19.4. The standard InChI is InChI=1S/C22H24N4O2S/c1-28-19-8-5-4-7-15(19)14-23-22(29)24-16-10-11-18-17(13-16)21(27)26-12-6-2-3-9-20(26)25-18/h4-5,7-8,10-11,13H,2-3,6,9,12,14H2,1H3,(H2,23,24,29). The van der Waals surface area contributed by atoms with Crippen molar-refractivity contribution in [2.45, 2.75) is 38.8 Å². The molecule has 7 heteroatoms. The number of thiocarbonyl (C=S) groups is 1. The zero-order valence-corrected chi connectivity index (χ0v) is 17.2. The molecule has 1 aromatic heterocycles. The predicted octanol–water partition coefficient (Wildman–Crippen LogP) is 3.62. The lowest BCUT2D eigenvalue weighted by molar-refractivity contribution is 0.409. The van der Waals surface area contributed by atoms with Crippen LogP contribution in [0.4, 0.5) is 5.69 Å². The molecule has 0 bridgehead atoms. The summed E-state index contributed by atoms with van der Waals surface area (Å²) in [7, 11) is 1.65. The average molecular weight is 409 g/mol. The number of anilines is 1. The number of methoxy groups -OCH3 is 1. The smallest absolute Gasteiger partial charge is 0.261 e. The fourth-order valence-electron chi connectivity index (χ4n) is 3.70. The number of aryl methyl sites for hydroxylation is 1. The molecule has 3 aromatic rings. The Kier molecular flexibility index (Phi) is 5.76. The van der Waals surface area contributed by atoms with Crippen molar-refractivity contribution in [2.75, 3.05) is 12.4 Å². The number of rotatable bonds is 4. The van der Waals surface area contributed by atoms with Crippen molar-refractivity contribution < 1.29 is 4.74 Å². The summed E-state index contributed by atoms with van der Waals surface area (Å²) < 4.78 is 7.19. The van der Waals surface area contributed by atoms with E-state index in [0.717, 1.165) is 60.6 Å². The summed E-state index contributed by atoms with van der Waals surface area (Å²) >= 11 is 5.42. The number of aromatic nitrogens is 2. The van der Waals surface area contributed by atoms with Gasteiger partial charge in [0.15, 0.2) is 5.11 Å². The first-order chi connectivity index (χ1) is 14.2. The van der Waals surface area contributed by atoms with Gasteiger partial charge in [-0.15, -0.1) is 0 Å². The number of fused-ring (bicyclic) bond motifs is 2. The van der Waals surface area contributed by atoms with Gasteiger partial charge in [0.1, 0.15) is 11.6 Å². The van der Waals surface area contributed by atoms with Gasteiger partial charge in [0.25, 0.3) is 5.56 Å². The van der Waals surface area contributed by atoms with Crippen LogP contribution in [0.3, 0.4) is 0 Å². The Labute approximate surface area is 174 Å². The summed E-state index contributed by atoms with van der Waals surface area (Å²) in [6.45, 7) is 1.29. The zero-order valence-electron chi connectivity index (χ0n) is 16.4. The molecule has 1 aliphatic heterocycles. The molecule has 2 heterocycles. The third kappa shape index (κ3) is 4.24. The van der Waals surface area contributed by atoms with Gasteiger partial charge in [0.05, 0.1) is 18.0 Å². The zero-order chi connectivity index (χ0) is 20.2. The maximum Gasteiger partial charge on any atom is 0.261 e. The second-order valence-corrected chi connectivity index (χ2v) is 7.56. The van der Waals surface area contributed by atoms with Crippen molar-refractivity contribution in [2.24, 2.45) is 0 Å². The number of ether oxygens (including phenoxy) is 1. The molecular formula is C22H24N4O2S. The molecule has 2 N–H and O–H groups in total. The van der Waals surface area contributed by atoms with Gasteiger partial charge in [0.2, 0.25) is 0 Å². The van der Waals surface area contributed by atoms with E-state index in [-0.39, 0.29) is 5.56 Å². The molecule has 0 atom stereocenters. The van der Waals surface area contributed by atoms with Crippen molar-refractivity contribution in [1.29, 1.82) is 0 Å². The predicted molar refractivity (Wildman–Crippen MR) is 120 cm³/mol. The van der Waals surface area contributed by atoms with E-state index in [2.05, 4.69) is 10.6 Å². The Morgan fingerprint density at radius 2 is 2.07 bits per heavy atom. The van der Waals surface area contributed by atoms with Gasteiger partial charge in [-0.25, -0.2) is 4.98 Å². The maximum absolute atomic E-state index is 13.0. The van der Waals surface area contributed by atoms with Gasteiger partial charge < -0.3 is 15.4 Å². The summed E-state index contributed by atoms with van der Waals surface area (Å²) in [6.07, 6.45) is 4.11. The van der Waals surface area contributed by atoms with Crippen molar-refractivity contribution in [1.82, 2.24) is 14.9 Å². The molecule has 0 fully saturated rings. The van der Waals surface area contributed by atoms with Crippen molar-refractivity contribution in [3.05, 3.63) is 64.2 Å². The number of benzene rings is 2. The molecule has 4 rings (SSSR count). The molecule has 0 aliphatic carbocycles. The number of nitrogens with one attached hydrogen (secondary N) is 2. The monoisotopic (exact) mass is 408 g/mol. The molecule has 0 saturated heterocycles. The summed E-state index contributed by atoms with van der Waals surface area (Å²) in [5.41, 5.74) is 2.55. The SMILES string of the molecule is COc1ccccc1CNC(=S)Nc1ccc2nc3n(c(=O)c2c1)CCCCC3. The van der Waals surface area contributed by atoms with Crippen LogP contribution in [0.15, 0.2) is 47.3 Å². The van der Waals surface area contributed by atoms with Crippen molar-refractivity contribution >= 4 is 33.9 Å². The molecule has 0 saturated carbocycles. The van der Waals surface area contributed by atoms with E-state index in [1.165, 1.54) is 0 Å². The Hall–Kier alpha value is -2.93. The lowest BCUT2D eigenvalue weighted by Gasteiger charge is -2.14. The highest BCUT2D eigenvalue weighted by molar-refractivity contribution is 7.80. The molecule has 0 amide bonds. The Balaban J connectivity index is 1.51. The number of nitrogens with zero attached hydrogens (tertiary/aromatic N) is 2. The second kappa shape index (κ2) is 8.61. The van der Waals surface area contributed by atoms with E-state index in [9.17, 15) is 4.79 Å². The molecule has 0 radical (unpaired) electrons. The van der Waals surface area contributed by atoms with E-state index in [1.54, 1.807) is 7.11 Å². The first-order valence-corrected chi connectivity index (χ1v) is 10.3. The highest BCUT2D eigenvalue weighted by Crippen LogP contribution is 2.19. The third-order valence-corrected chi connectivity index (χ3v) is 5.45. The quantitative estimate of drug-likeness (QED) is 0.643. The minimum Gasteiger partial charge on any atom is -0.496 e. The van der Waals surface area contributed by atoms with E-state index in [1.807, 2.05) is 47.0 Å². The van der Waals surface area contributed by atoms with Crippen LogP contribution in [0, 0.1) is 0 Å². The largest absolute Gasteiger partial charge is 0.496 e. The molecule has 0 spiro atoms. The topological polar surface area (TPSA) is 68.2 Å². The molecule has 2 aromatic carbocycles. The van der Waals surface area contributed by atoms with Crippen LogP contribution in [0.5, 0.6) is 5.75 Å². The summed E-state index contributed by atoms with van der Waals surface area (Å²) in [4.78, 5) is 17.7. The van der Waals surface area contributed by atoms with Crippen LogP contribution in [-0.2, 0) is 19.5 Å². The fraction of sp³-hybridized carbons (Fsp3) is 0.318. The van der Waals surface area contributed by atoms with Gasteiger partial charge in [-0.1, -0.05) is 24.6 Å². The van der Waals surface area contributed by atoms with Crippen LogP contribution in [0.2, 0.25) is 0 Å². The van der Waals surface area contributed by atoms with E-state index in [4.69, 9.17) is 21.9 Å². The minimum absolute atomic E-state index is 0.0310. The number of para-hydroxylation sites is 1. The number of hydrogen-bond acceptors (Lipinski definition) is 4. The summed E-state index contributed by atoms with van der Waals surface area (Å²) in [5, 5.41) is 7.45. The Morgan fingerprint density at radius 3 is 2.93 bits per heavy atom. The van der Waals surface area contributed by atoms with Gasteiger partial charge >= 0.3 is 0 Å². The van der Waals surface area contributed by atoms with Crippen LogP contribution in [-0.4, -0.2) is 21.8 Å². The Morgan fingerprint density at radius 1 is 1.21 bits per heavy atom. The highest BCUT2D eigenvalue weighted by Gasteiger charge is 2.14. The second-order valence-electron chi connectivity index (χ2n) is 7.15. The van der Waals surface area contributed by atoms with Crippen molar-refractivity contribution in [3.63, 3.8) is 0 Å². The minimum atomic E-state index is 0.0310. The lowest BCUT2D eigenvalue weighted by atomic mass is 10.2. The van der Waals surface area contributed by atoms with Gasteiger partial charge in [-0.2, -0.15) is 0 Å². The molecule has 29 heavy (non-hydrogen) atoms. The Bertz CT molecular complexity index is 1110. The molecule has 0 unspecified atom stereocenters. The van der Waals surface area contributed by atoms with Crippen LogP contribution < -0.4 is 20.9 Å². The van der Waals surface area contributed by atoms with Gasteiger partial charge in [0, 0.05) is 30.8 Å². The third-order valence-electron chi connectivity index (χ3n) is 5.21. The summed E-state index contributed by atoms with van der Waals surface area (Å²) in [5.74, 6) is 1.71. The van der Waals surface area contributed by atoms with E-state index in [0.29, 0.717) is 17.0 Å². The fourth-order valence-corrected chi connectivity index (χ4v) is 3.89. The van der Waals surface area contributed by atoms with Crippen LogP contribution >= 0.6 is 12.2 Å². The molecule has 150 valence electrons. The van der Waals surface area contributed by atoms with E-state index < -0.39 is 0 Å². The molecular weight excluding hydrogens is 384 g/mol. The molecule has 6 nitrogen and oxygen atoms in total. The first-order valence-electron chi connectivity index (χ1n) is 9.86. The average Bonchev–Trinajstić information content (AvgIpc) is 2.99. The van der Waals surface area contributed by atoms with Gasteiger partial charge in [-0.05, 0) is 49.3 Å². The van der Waals surface area contributed by atoms with Crippen LogP contribution in [0.1, 0.15) is 30.7 Å². The highest BCUT2D eigenvalue weighted by atomic mass is 32.1. The van der Waals surface area contributed by atoms with E-state index >= 15 is 0 Å². The normalized spacial score (nSPS) is 13.4. The maximum atomic E-state index is 13.0.